The zero-order valence-electron chi connectivity index (χ0n) is 17.0. The van der Waals surface area contributed by atoms with Gasteiger partial charge in [0.05, 0.1) is 26.3 Å². The zero-order valence-corrected chi connectivity index (χ0v) is 17.0. The summed E-state index contributed by atoms with van der Waals surface area (Å²) in [6.07, 6.45) is -0.739. The molecule has 2 rings (SSSR count). The number of nitrogens with zero attached hydrogens (tertiary/aromatic N) is 2. The van der Waals surface area contributed by atoms with E-state index in [4.69, 9.17) is 18.9 Å². The van der Waals surface area contributed by atoms with Gasteiger partial charge >= 0.3 is 0 Å². The molecule has 0 aliphatic heterocycles. The van der Waals surface area contributed by atoms with Crippen LogP contribution in [0.5, 0.6) is 23.0 Å². The van der Waals surface area contributed by atoms with Gasteiger partial charge in [0.25, 0.3) is 5.69 Å². The number of hydrogen-bond donors (Lipinski definition) is 1. The van der Waals surface area contributed by atoms with Crippen LogP contribution in [-0.4, -0.2) is 62.6 Å². The Morgan fingerprint density at radius 2 is 1.66 bits per heavy atom. The van der Waals surface area contributed by atoms with Gasteiger partial charge in [0.15, 0.2) is 11.5 Å². The lowest BCUT2D eigenvalue weighted by molar-refractivity contribution is -0.384. The second kappa shape index (κ2) is 10.5. The topological polar surface area (TPSA) is 104 Å². The number of benzene rings is 2. The van der Waals surface area contributed by atoms with Crippen LogP contribution in [-0.2, 0) is 6.54 Å². The lowest BCUT2D eigenvalue weighted by atomic mass is 10.1. The number of rotatable bonds is 11. The van der Waals surface area contributed by atoms with Crippen LogP contribution in [0.4, 0.5) is 5.69 Å². The van der Waals surface area contributed by atoms with Crippen molar-refractivity contribution >= 4 is 5.69 Å². The fraction of sp³-hybridized carbons (Fsp3) is 0.400. The first-order valence-electron chi connectivity index (χ1n) is 8.90. The van der Waals surface area contributed by atoms with E-state index >= 15 is 0 Å². The van der Waals surface area contributed by atoms with E-state index in [1.807, 2.05) is 24.1 Å². The molecule has 1 unspecified atom stereocenters. The third-order valence-corrected chi connectivity index (χ3v) is 4.19. The molecule has 2 aromatic rings. The van der Waals surface area contributed by atoms with Crippen molar-refractivity contribution in [2.75, 3.05) is 41.5 Å². The van der Waals surface area contributed by atoms with Gasteiger partial charge in [-0.15, -0.1) is 0 Å². The van der Waals surface area contributed by atoms with Gasteiger partial charge in [0.2, 0.25) is 5.75 Å². The number of hydrogen-bond acceptors (Lipinski definition) is 8. The first-order valence-corrected chi connectivity index (χ1v) is 8.90. The number of ether oxygens (including phenoxy) is 4. The standard InChI is InChI=1S/C20H26N2O7/c1-21(11-14-9-18(26-2)20(28-4)19(10-14)27-3)12-16(23)13-29-17-7-5-15(6-8-17)22(24)25/h5-10,16,23H,11-13H2,1-4H3. The van der Waals surface area contributed by atoms with Crippen molar-refractivity contribution in [2.45, 2.75) is 12.6 Å². The van der Waals surface area contributed by atoms with Crippen LogP contribution in [0.2, 0.25) is 0 Å². The van der Waals surface area contributed by atoms with Gasteiger partial charge in [0, 0.05) is 25.2 Å². The number of methoxy groups -OCH3 is 3. The number of non-ortho nitro benzene ring substituents is 1. The summed E-state index contributed by atoms with van der Waals surface area (Å²) in [5.41, 5.74) is 0.925. The molecule has 0 bridgehead atoms. The second-order valence-corrected chi connectivity index (χ2v) is 6.45. The quantitative estimate of drug-likeness (QED) is 0.448. The highest BCUT2D eigenvalue weighted by atomic mass is 16.6. The molecule has 1 atom stereocenters. The maximum atomic E-state index is 10.7. The average molecular weight is 406 g/mol. The molecule has 0 heterocycles. The Hall–Kier alpha value is -3.04. The van der Waals surface area contributed by atoms with Crippen molar-refractivity contribution in [2.24, 2.45) is 0 Å². The molecule has 9 nitrogen and oxygen atoms in total. The molecule has 0 aromatic heterocycles. The van der Waals surface area contributed by atoms with Gasteiger partial charge in [-0.25, -0.2) is 0 Å². The van der Waals surface area contributed by atoms with E-state index < -0.39 is 11.0 Å². The molecule has 0 spiro atoms. The second-order valence-electron chi connectivity index (χ2n) is 6.45. The maximum absolute atomic E-state index is 10.7. The van der Waals surface area contributed by atoms with Crippen molar-refractivity contribution in [3.63, 3.8) is 0 Å². The van der Waals surface area contributed by atoms with E-state index in [9.17, 15) is 15.2 Å². The highest BCUT2D eigenvalue weighted by Crippen LogP contribution is 2.38. The van der Waals surface area contributed by atoms with Gasteiger partial charge in [-0.1, -0.05) is 0 Å². The van der Waals surface area contributed by atoms with E-state index in [-0.39, 0.29) is 12.3 Å². The van der Waals surface area contributed by atoms with Crippen molar-refractivity contribution in [3.05, 3.63) is 52.1 Å². The summed E-state index contributed by atoms with van der Waals surface area (Å²) in [4.78, 5) is 12.1. The number of likely N-dealkylation sites (N-methyl/N-ethyl adjacent to an activating group) is 1. The first kappa shape index (κ1) is 22.3. The van der Waals surface area contributed by atoms with Crippen LogP contribution >= 0.6 is 0 Å². The predicted octanol–water partition coefficient (Wildman–Crippen LogP) is 2.49. The monoisotopic (exact) mass is 406 g/mol. The molecule has 0 saturated heterocycles. The summed E-state index contributed by atoms with van der Waals surface area (Å²) < 4.78 is 21.5. The molecule has 0 aliphatic rings. The number of nitro benzene ring substituents is 1. The fourth-order valence-corrected chi connectivity index (χ4v) is 2.87. The van der Waals surface area contributed by atoms with E-state index in [0.717, 1.165) is 5.56 Å². The van der Waals surface area contributed by atoms with Gasteiger partial charge in [-0.3, -0.25) is 15.0 Å². The Morgan fingerprint density at radius 3 is 2.14 bits per heavy atom. The van der Waals surface area contributed by atoms with Crippen molar-refractivity contribution in [1.82, 2.24) is 4.90 Å². The lowest BCUT2D eigenvalue weighted by Crippen LogP contribution is -2.32. The number of nitro groups is 1. The normalized spacial score (nSPS) is 11.8. The highest BCUT2D eigenvalue weighted by molar-refractivity contribution is 5.53. The molecular weight excluding hydrogens is 380 g/mol. The molecule has 9 heteroatoms. The molecule has 29 heavy (non-hydrogen) atoms. The van der Waals surface area contributed by atoms with Crippen molar-refractivity contribution in [1.29, 1.82) is 0 Å². The molecule has 0 radical (unpaired) electrons. The average Bonchev–Trinajstić information content (AvgIpc) is 2.71. The molecule has 2 aromatic carbocycles. The number of aliphatic hydroxyl groups is 1. The van der Waals surface area contributed by atoms with Gasteiger partial charge in [-0.05, 0) is 36.9 Å². The minimum Gasteiger partial charge on any atom is -0.493 e. The Morgan fingerprint density at radius 1 is 1.07 bits per heavy atom. The SMILES string of the molecule is COc1cc(CN(C)CC(O)COc2ccc([N+](=O)[O-])cc2)cc(OC)c1OC. The Balaban J connectivity index is 1.91. The fourth-order valence-electron chi connectivity index (χ4n) is 2.87. The predicted molar refractivity (Wildman–Crippen MR) is 107 cm³/mol. The van der Waals surface area contributed by atoms with E-state index in [1.54, 1.807) is 21.3 Å². The van der Waals surface area contributed by atoms with Crippen molar-refractivity contribution < 1.29 is 29.0 Å². The maximum Gasteiger partial charge on any atom is 0.269 e. The van der Waals surface area contributed by atoms with Crippen LogP contribution < -0.4 is 18.9 Å². The Bertz CT molecular complexity index is 786. The van der Waals surface area contributed by atoms with E-state index in [0.29, 0.717) is 36.1 Å². The van der Waals surface area contributed by atoms with Gasteiger partial charge < -0.3 is 24.1 Å². The summed E-state index contributed by atoms with van der Waals surface area (Å²) in [7, 11) is 6.54. The van der Waals surface area contributed by atoms with Crippen molar-refractivity contribution in [3.8, 4) is 23.0 Å². The molecule has 1 N–H and O–H groups in total. The molecule has 0 amide bonds. The summed E-state index contributed by atoms with van der Waals surface area (Å²) in [6, 6.07) is 9.45. The third kappa shape index (κ3) is 6.23. The molecular formula is C20H26N2O7. The summed E-state index contributed by atoms with van der Waals surface area (Å²) >= 11 is 0. The molecule has 0 aliphatic carbocycles. The van der Waals surface area contributed by atoms with Crippen LogP contribution in [0.3, 0.4) is 0 Å². The molecule has 0 fully saturated rings. The van der Waals surface area contributed by atoms with Crippen LogP contribution in [0.25, 0.3) is 0 Å². The number of aliphatic hydroxyl groups excluding tert-OH is 1. The van der Waals surface area contributed by atoms with E-state index in [1.165, 1.54) is 24.3 Å². The highest BCUT2D eigenvalue weighted by Gasteiger charge is 2.16. The van der Waals surface area contributed by atoms with Crippen LogP contribution in [0.15, 0.2) is 36.4 Å². The third-order valence-electron chi connectivity index (χ3n) is 4.19. The minimum atomic E-state index is -0.739. The van der Waals surface area contributed by atoms with E-state index in [2.05, 4.69) is 0 Å². The van der Waals surface area contributed by atoms with Crippen LogP contribution in [0.1, 0.15) is 5.56 Å². The summed E-state index contributed by atoms with van der Waals surface area (Å²) in [5.74, 6) is 2.12. The smallest absolute Gasteiger partial charge is 0.269 e. The lowest BCUT2D eigenvalue weighted by Gasteiger charge is -2.22. The zero-order chi connectivity index (χ0) is 21.4. The molecule has 158 valence electrons. The first-order chi connectivity index (χ1) is 13.9. The Kier molecular flexibility index (Phi) is 8.05. The minimum absolute atomic E-state index is 0.0111. The van der Waals surface area contributed by atoms with Crippen LogP contribution in [0, 0.1) is 10.1 Å². The van der Waals surface area contributed by atoms with Gasteiger partial charge in [0.1, 0.15) is 18.5 Å². The summed E-state index contributed by atoms with van der Waals surface area (Å²) in [5, 5.41) is 20.9. The Labute approximate surface area is 169 Å². The molecule has 0 saturated carbocycles. The van der Waals surface area contributed by atoms with Gasteiger partial charge in [-0.2, -0.15) is 0 Å². The summed E-state index contributed by atoms with van der Waals surface area (Å²) in [6.45, 7) is 0.979. The largest absolute Gasteiger partial charge is 0.493 e.